The van der Waals surface area contributed by atoms with Crippen LogP contribution in [-0.4, -0.2) is 36.3 Å². The highest BCUT2D eigenvalue weighted by Gasteiger charge is 2.33. The van der Waals surface area contributed by atoms with Crippen molar-refractivity contribution in [3.05, 3.63) is 124 Å². The van der Waals surface area contributed by atoms with Crippen LogP contribution in [0.25, 0.3) is 22.0 Å². The van der Waals surface area contributed by atoms with Crippen LogP contribution in [0.1, 0.15) is 45.7 Å². The van der Waals surface area contributed by atoms with Gasteiger partial charge in [-0.15, -0.1) is 0 Å². The molecule has 0 aliphatic carbocycles. The molecule has 2 aromatic heterocycles. The number of aromatic nitrogens is 2. The number of nitrogens with one attached hydrogen (secondary N) is 1. The fourth-order valence-corrected chi connectivity index (χ4v) is 5.45. The molecule has 0 fully saturated rings. The van der Waals surface area contributed by atoms with E-state index in [-0.39, 0.29) is 11.7 Å². The lowest BCUT2D eigenvalue weighted by Gasteiger charge is -2.24. The van der Waals surface area contributed by atoms with Crippen LogP contribution >= 0.6 is 15.9 Å². The molecule has 0 bridgehead atoms. The zero-order valence-corrected chi connectivity index (χ0v) is 25.0. The average molecular weight is 629 g/mol. The molecule has 1 amide bonds. The van der Waals surface area contributed by atoms with Gasteiger partial charge in [-0.2, -0.15) is 0 Å². The van der Waals surface area contributed by atoms with Gasteiger partial charge in [0, 0.05) is 57.0 Å². The van der Waals surface area contributed by atoms with E-state index in [0.717, 1.165) is 16.5 Å². The smallest absolute Gasteiger partial charge is 0.255 e. The molecule has 0 aliphatic heterocycles. The first-order valence-electron chi connectivity index (χ1n) is 12.7. The van der Waals surface area contributed by atoms with Crippen LogP contribution in [0.15, 0.2) is 102 Å². The third-order valence-electron chi connectivity index (χ3n) is 7.18. The maximum absolute atomic E-state index is 13.3. The van der Waals surface area contributed by atoms with Crippen molar-refractivity contribution in [2.24, 2.45) is 0 Å². The van der Waals surface area contributed by atoms with Crippen molar-refractivity contribution >= 4 is 54.0 Å². The number of nitrogens with zero attached hydrogens (tertiary/aromatic N) is 2. The van der Waals surface area contributed by atoms with E-state index in [1.54, 1.807) is 87.0 Å². The van der Waals surface area contributed by atoms with Crippen LogP contribution in [0.3, 0.4) is 0 Å². The minimum atomic E-state index is -3.42. The molecule has 2 heterocycles. The summed E-state index contributed by atoms with van der Waals surface area (Å²) < 4.78 is 24.7. The maximum atomic E-state index is 13.3. The summed E-state index contributed by atoms with van der Waals surface area (Å²) in [6.07, 6.45) is 6.04. The van der Waals surface area contributed by atoms with E-state index in [9.17, 15) is 18.0 Å². The highest BCUT2D eigenvalue weighted by atomic mass is 79.9. The average Bonchev–Trinajstić information content (AvgIpc) is 2.97. The molecule has 0 unspecified atom stereocenters. The van der Waals surface area contributed by atoms with Gasteiger partial charge >= 0.3 is 0 Å². The van der Waals surface area contributed by atoms with Crippen molar-refractivity contribution in [2.75, 3.05) is 11.6 Å². The number of hydrogen-bond acceptors (Lipinski definition) is 6. The lowest BCUT2D eigenvalue weighted by molar-refractivity contribution is 0.102. The summed E-state index contributed by atoms with van der Waals surface area (Å²) in [5.74, 6) is -0.494. The van der Waals surface area contributed by atoms with Crippen molar-refractivity contribution in [3.8, 4) is 11.1 Å². The molecule has 0 saturated heterocycles. The van der Waals surface area contributed by atoms with E-state index in [1.165, 1.54) is 6.26 Å². The van der Waals surface area contributed by atoms with Crippen LogP contribution < -0.4 is 5.32 Å². The number of amides is 1. The maximum Gasteiger partial charge on any atom is 0.255 e. The monoisotopic (exact) mass is 627 g/mol. The molecule has 7 nitrogen and oxygen atoms in total. The van der Waals surface area contributed by atoms with Gasteiger partial charge in [-0.1, -0.05) is 18.2 Å². The summed E-state index contributed by atoms with van der Waals surface area (Å²) in [6, 6.07) is 22.8. The number of halogens is 1. The molecule has 206 valence electrons. The molecule has 3 aromatic carbocycles. The Labute approximate surface area is 246 Å². The van der Waals surface area contributed by atoms with Crippen LogP contribution in [-0.2, 0) is 14.6 Å². The first kappa shape index (κ1) is 28.3. The fraction of sp³-hybridized carbons (Fsp3) is 0.125. The predicted molar refractivity (Wildman–Crippen MR) is 165 cm³/mol. The number of rotatable bonds is 7. The fourth-order valence-electron chi connectivity index (χ4n) is 4.42. The van der Waals surface area contributed by atoms with Gasteiger partial charge in [0.1, 0.15) is 0 Å². The number of fused-ring (bicyclic) bond motifs is 1. The number of ketones is 1. The first-order valence-corrected chi connectivity index (χ1v) is 15.4. The van der Waals surface area contributed by atoms with Crippen molar-refractivity contribution in [3.63, 3.8) is 0 Å². The van der Waals surface area contributed by atoms with Gasteiger partial charge in [0.25, 0.3) is 5.91 Å². The van der Waals surface area contributed by atoms with Crippen molar-refractivity contribution in [1.82, 2.24) is 9.97 Å². The van der Waals surface area contributed by atoms with Crippen molar-refractivity contribution in [2.45, 2.75) is 18.6 Å². The second-order valence-corrected chi connectivity index (χ2v) is 13.6. The minimum Gasteiger partial charge on any atom is -0.321 e. The van der Waals surface area contributed by atoms with E-state index in [0.29, 0.717) is 37.9 Å². The topological polar surface area (TPSA) is 106 Å². The molecule has 0 aliphatic rings. The molecule has 9 heteroatoms. The molecule has 0 atom stereocenters. The third-order valence-corrected chi connectivity index (χ3v) is 9.93. The molecule has 0 saturated carbocycles. The standard InChI is InChI=1S/C32H26BrN3O4S/c1-32(2,41(3,39)40)25-17-22-8-5-13-35-29(22)26(19-25)21-6-4-7-24(16-21)31(38)36-28-10-9-23(18-27(28)33)30(37)20-11-14-34-15-12-20/h4-19H,1-3H3,(H,36,38). The van der Waals surface area contributed by atoms with Gasteiger partial charge < -0.3 is 5.32 Å². The number of benzene rings is 3. The van der Waals surface area contributed by atoms with E-state index in [4.69, 9.17) is 0 Å². The number of sulfone groups is 1. The minimum absolute atomic E-state index is 0.152. The number of pyridine rings is 2. The molecule has 5 rings (SSSR count). The van der Waals surface area contributed by atoms with E-state index in [2.05, 4.69) is 31.2 Å². The Morgan fingerprint density at radius 2 is 1.59 bits per heavy atom. The molecular formula is C32H26BrN3O4S. The summed E-state index contributed by atoms with van der Waals surface area (Å²) in [5, 5.41) is 3.70. The molecule has 1 N–H and O–H groups in total. The van der Waals surface area contributed by atoms with E-state index < -0.39 is 14.6 Å². The van der Waals surface area contributed by atoms with Crippen molar-refractivity contribution < 1.29 is 18.0 Å². The summed E-state index contributed by atoms with van der Waals surface area (Å²) in [4.78, 5) is 34.6. The van der Waals surface area contributed by atoms with Gasteiger partial charge in [-0.05, 0) is 102 Å². The lowest BCUT2D eigenvalue weighted by atomic mass is 9.93. The SMILES string of the molecule is CC(C)(c1cc(-c2cccc(C(=O)Nc3ccc(C(=O)c4ccncc4)cc3Br)c2)c2ncccc2c1)S(C)(=O)=O. The summed E-state index contributed by atoms with van der Waals surface area (Å²) >= 11 is 3.47. The van der Waals surface area contributed by atoms with E-state index in [1.807, 2.05) is 24.3 Å². The third kappa shape index (κ3) is 5.68. The van der Waals surface area contributed by atoms with Gasteiger partial charge in [0.2, 0.25) is 0 Å². The number of anilines is 1. The zero-order chi connectivity index (χ0) is 29.4. The predicted octanol–water partition coefficient (Wildman–Crippen LogP) is 6.82. The Bertz CT molecular complexity index is 1920. The number of carbonyl (C=O) groups is 2. The molecule has 5 aromatic rings. The quantitative estimate of drug-likeness (QED) is 0.198. The Kier molecular flexibility index (Phi) is 7.59. The number of hydrogen-bond donors (Lipinski definition) is 1. The Morgan fingerprint density at radius 3 is 2.29 bits per heavy atom. The molecule has 0 spiro atoms. The van der Waals surface area contributed by atoms with Gasteiger partial charge in [0.05, 0.1) is 16.0 Å². The van der Waals surface area contributed by atoms with E-state index >= 15 is 0 Å². The highest BCUT2D eigenvalue weighted by molar-refractivity contribution is 9.10. The first-order chi connectivity index (χ1) is 19.5. The van der Waals surface area contributed by atoms with Gasteiger partial charge in [-0.25, -0.2) is 8.42 Å². The van der Waals surface area contributed by atoms with Crippen LogP contribution in [0, 0.1) is 0 Å². The number of carbonyl (C=O) groups excluding carboxylic acids is 2. The normalized spacial score (nSPS) is 11.8. The molecule has 0 radical (unpaired) electrons. The van der Waals surface area contributed by atoms with Gasteiger partial charge in [-0.3, -0.25) is 19.6 Å². The lowest BCUT2D eigenvalue weighted by Crippen LogP contribution is -2.28. The van der Waals surface area contributed by atoms with Crippen molar-refractivity contribution in [1.29, 1.82) is 0 Å². The van der Waals surface area contributed by atoms with Crippen LogP contribution in [0.4, 0.5) is 5.69 Å². The largest absolute Gasteiger partial charge is 0.321 e. The summed E-state index contributed by atoms with van der Waals surface area (Å²) in [6.45, 7) is 3.36. The highest BCUT2D eigenvalue weighted by Crippen LogP contribution is 2.36. The second kappa shape index (κ2) is 11.0. The zero-order valence-electron chi connectivity index (χ0n) is 22.6. The Hall–Kier alpha value is -4.21. The summed E-state index contributed by atoms with van der Waals surface area (Å²) in [5.41, 5.74) is 4.70. The Morgan fingerprint density at radius 1 is 0.829 bits per heavy atom. The Balaban J connectivity index is 1.47. The summed E-state index contributed by atoms with van der Waals surface area (Å²) in [7, 11) is -3.42. The van der Waals surface area contributed by atoms with Crippen LogP contribution in [0.2, 0.25) is 0 Å². The molecular weight excluding hydrogens is 602 g/mol. The van der Waals surface area contributed by atoms with Crippen LogP contribution in [0.5, 0.6) is 0 Å². The second-order valence-electron chi connectivity index (χ2n) is 10.2. The van der Waals surface area contributed by atoms with Gasteiger partial charge in [0.15, 0.2) is 15.6 Å². The molecule has 41 heavy (non-hydrogen) atoms.